The molecule has 0 spiro atoms. The summed E-state index contributed by atoms with van der Waals surface area (Å²) in [4.78, 5) is 6.59. The van der Waals surface area contributed by atoms with Crippen LogP contribution in [0.5, 0.6) is 0 Å². The highest BCUT2D eigenvalue weighted by Crippen LogP contribution is 2.06. The van der Waals surface area contributed by atoms with Crippen molar-refractivity contribution in [1.29, 1.82) is 5.26 Å². The van der Waals surface area contributed by atoms with Crippen LogP contribution in [0, 0.1) is 22.0 Å². The third-order valence-corrected chi connectivity index (χ3v) is 1.60. The first-order valence-corrected chi connectivity index (χ1v) is 3.29. The number of nitrogens with zero attached hydrogens (tertiary/aromatic N) is 2. The van der Waals surface area contributed by atoms with E-state index in [0.717, 1.165) is 3.70 Å². The number of H-pyrrole nitrogens is 1. The van der Waals surface area contributed by atoms with Gasteiger partial charge in [-0.1, -0.05) is 0 Å². The summed E-state index contributed by atoms with van der Waals surface area (Å²) in [5, 5.41) is 8.37. The molecule has 0 atom stereocenters. The summed E-state index contributed by atoms with van der Waals surface area (Å²) in [6.45, 7) is 3.53. The van der Waals surface area contributed by atoms with Crippen LogP contribution in [-0.2, 0) is 0 Å². The topological polar surface area (TPSA) is 52.5 Å². The van der Waals surface area contributed by atoms with Gasteiger partial charge in [0.2, 0.25) is 0 Å². The zero-order valence-corrected chi connectivity index (χ0v) is 6.64. The van der Waals surface area contributed by atoms with Crippen molar-refractivity contribution in [3.63, 3.8) is 0 Å². The molecule has 1 radical (unpaired) electrons. The molecule has 0 fully saturated rings. The van der Waals surface area contributed by atoms with Crippen molar-refractivity contribution in [3.8, 4) is 6.07 Å². The van der Waals surface area contributed by atoms with Gasteiger partial charge in [-0.15, -0.1) is 0 Å². The van der Waals surface area contributed by atoms with Crippen LogP contribution in [0.3, 0.4) is 0 Å². The average Bonchev–Trinajstić information content (AvgIpc) is 2.10. The minimum atomic E-state index is 0.417. The Morgan fingerprint density at radius 3 is 2.67 bits per heavy atom. The zero-order chi connectivity index (χ0) is 6.85. The van der Waals surface area contributed by atoms with Crippen LogP contribution in [0.4, 0.5) is 0 Å². The number of hydrogen-bond acceptors (Lipinski definition) is 2. The van der Waals surface area contributed by atoms with Gasteiger partial charge in [-0.25, -0.2) is 4.98 Å². The Hall–Kier alpha value is -0.570. The highest BCUT2D eigenvalue weighted by atomic mass is 127. The molecule has 1 rings (SSSR count). The van der Waals surface area contributed by atoms with Crippen LogP contribution >= 0.6 is 22.6 Å². The van der Waals surface area contributed by atoms with E-state index in [1.807, 2.05) is 28.7 Å². The molecule has 0 aliphatic rings. The van der Waals surface area contributed by atoms with Gasteiger partial charge in [0, 0.05) is 6.92 Å². The molecule has 0 bridgehead atoms. The first kappa shape index (κ1) is 6.55. The van der Waals surface area contributed by atoms with Crippen molar-refractivity contribution >= 4 is 22.6 Å². The van der Waals surface area contributed by atoms with Gasteiger partial charge >= 0.3 is 0 Å². The molecule has 0 unspecified atom stereocenters. The van der Waals surface area contributed by atoms with Crippen LogP contribution in [0.1, 0.15) is 11.5 Å². The SMILES string of the molecule is [CH2]c1nc(C#N)c(I)[nH]1. The van der Waals surface area contributed by atoms with E-state index in [1.54, 1.807) is 0 Å². The van der Waals surface area contributed by atoms with E-state index in [1.165, 1.54) is 0 Å². The van der Waals surface area contributed by atoms with E-state index in [4.69, 9.17) is 5.26 Å². The van der Waals surface area contributed by atoms with Crippen LogP contribution in [-0.4, -0.2) is 9.97 Å². The predicted octanol–water partition coefficient (Wildman–Crippen LogP) is 1.07. The maximum Gasteiger partial charge on any atom is 0.172 e. The highest BCUT2D eigenvalue weighted by Gasteiger charge is 2.01. The van der Waals surface area contributed by atoms with E-state index >= 15 is 0 Å². The molecule has 1 aromatic rings. The summed E-state index contributed by atoms with van der Waals surface area (Å²) in [5.74, 6) is 0.538. The second kappa shape index (κ2) is 2.35. The Bertz CT molecular complexity index is 258. The lowest BCUT2D eigenvalue weighted by atomic mass is 10.5. The molecule has 1 aromatic heterocycles. The Morgan fingerprint density at radius 2 is 2.44 bits per heavy atom. The molecule has 0 aromatic carbocycles. The first-order valence-electron chi connectivity index (χ1n) is 2.21. The molecular formula is C5H3IN3. The van der Waals surface area contributed by atoms with Crippen molar-refractivity contribution in [2.45, 2.75) is 0 Å². The van der Waals surface area contributed by atoms with Gasteiger partial charge in [0.1, 0.15) is 15.6 Å². The fraction of sp³-hybridized carbons (Fsp3) is 0. The number of nitrogens with one attached hydrogen (secondary N) is 1. The Labute approximate surface area is 66.2 Å². The van der Waals surface area contributed by atoms with Gasteiger partial charge in [-0.2, -0.15) is 5.26 Å². The lowest BCUT2D eigenvalue weighted by molar-refractivity contribution is 1.21. The molecule has 1 N–H and O–H groups in total. The van der Waals surface area contributed by atoms with E-state index in [2.05, 4.69) is 16.9 Å². The van der Waals surface area contributed by atoms with E-state index in [-0.39, 0.29) is 0 Å². The Kier molecular flexibility index (Phi) is 1.71. The molecule has 0 aliphatic heterocycles. The van der Waals surface area contributed by atoms with Crippen molar-refractivity contribution < 1.29 is 0 Å². The van der Waals surface area contributed by atoms with Crippen LogP contribution < -0.4 is 0 Å². The quantitative estimate of drug-likeness (QED) is 0.680. The van der Waals surface area contributed by atoms with Crippen molar-refractivity contribution in [1.82, 2.24) is 9.97 Å². The molecule has 45 valence electrons. The standard InChI is InChI=1S/C5H3IN3/c1-3-8-4(2-7)5(6)9-3/h1H2,(H,8,9). The summed E-state index contributed by atoms with van der Waals surface area (Å²) < 4.78 is 0.750. The van der Waals surface area contributed by atoms with Gasteiger partial charge in [-0.3, -0.25) is 0 Å². The largest absolute Gasteiger partial charge is 0.336 e. The van der Waals surface area contributed by atoms with Gasteiger partial charge in [0.25, 0.3) is 0 Å². The predicted molar refractivity (Wildman–Crippen MR) is 40.5 cm³/mol. The Balaban J connectivity index is 3.20. The minimum Gasteiger partial charge on any atom is -0.336 e. The average molecular weight is 232 g/mol. The molecule has 0 amide bonds. The van der Waals surface area contributed by atoms with Crippen molar-refractivity contribution in [2.75, 3.05) is 0 Å². The lowest BCUT2D eigenvalue weighted by Gasteiger charge is -1.74. The number of aromatic nitrogens is 2. The highest BCUT2D eigenvalue weighted by molar-refractivity contribution is 14.1. The van der Waals surface area contributed by atoms with E-state index in [9.17, 15) is 0 Å². The molecule has 9 heavy (non-hydrogen) atoms. The second-order valence-corrected chi connectivity index (χ2v) is 2.54. The van der Waals surface area contributed by atoms with Crippen molar-refractivity contribution in [3.05, 3.63) is 22.1 Å². The van der Waals surface area contributed by atoms with Crippen LogP contribution in [0.2, 0.25) is 0 Å². The number of imidazole rings is 1. The maximum atomic E-state index is 8.37. The lowest BCUT2D eigenvalue weighted by Crippen LogP contribution is -1.74. The van der Waals surface area contributed by atoms with E-state index < -0.39 is 0 Å². The van der Waals surface area contributed by atoms with Crippen LogP contribution in [0.15, 0.2) is 0 Å². The number of aromatic amines is 1. The molecule has 0 saturated carbocycles. The normalized spacial score (nSPS) is 9.00. The maximum absolute atomic E-state index is 8.37. The van der Waals surface area contributed by atoms with Crippen molar-refractivity contribution in [2.24, 2.45) is 0 Å². The second-order valence-electron chi connectivity index (χ2n) is 1.46. The smallest absolute Gasteiger partial charge is 0.172 e. The zero-order valence-electron chi connectivity index (χ0n) is 4.48. The summed E-state index contributed by atoms with van der Waals surface area (Å²) in [6, 6.07) is 1.93. The molecule has 3 nitrogen and oxygen atoms in total. The molecule has 0 aliphatic carbocycles. The summed E-state index contributed by atoms with van der Waals surface area (Å²) >= 11 is 2.00. The van der Waals surface area contributed by atoms with Gasteiger partial charge < -0.3 is 4.98 Å². The summed E-state index contributed by atoms with van der Waals surface area (Å²) in [5.41, 5.74) is 0.417. The monoisotopic (exact) mass is 232 g/mol. The van der Waals surface area contributed by atoms with Crippen LogP contribution in [0.25, 0.3) is 0 Å². The van der Waals surface area contributed by atoms with E-state index in [0.29, 0.717) is 11.5 Å². The minimum absolute atomic E-state index is 0.417. The molecule has 0 saturated heterocycles. The number of rotatable bonds is 0. The molecule has 4 heteroatoms. The fourth-order valence-corrected chi connectivity index (χ4v) is 1.02. The number of hydrogen-bond donors (Lipinski definition) is 1. The summed E-state index contributed by atoms with van der Waals surface area (Å²) in [7, 11) is 0. The third kappa shape index (κ3) is 1.21. The number of nitriles is 1. The van der Waals surface area contributed by atoms with Gasteiger partial charge in [-0.05, 0) is 22.6 Å². The van der Waals surface area contributed by atoms with Gasteiger partial charge in [0.15, 0.2) is 5.69 Å². The third-order valence-electron chi connectivity index (χ3n) is 0.815. The summed E-state index contributed by atoms with van der Waals surface area (Å²) in [6.07, 6.45) is 0. The Morgan fingerprint density at radius 1 is 1.78 bits per heavy atom. The molecule has 1 heterocycles. The fourth-order valence-electron chi connectivity index (χ4n) is 0.472. The van der Waals surface area contributed by atoms with Gasteiger partial charge in [0.05, 0.1) is 0 Å². The first-order chi connectivity index (χ1) is 4.24. The number of halogens is 1. The molecular weight excluding hydrogens is 229 g/mol.